The summed E-state index contributed by atoms with van der Waals surface area (Å²) in [5, 5.41) is 14.5. The third-order valence-electron chi connectivity index (χ3n) is 3.89. The van der Waals surface area contributed by atoms with Crippen LogP contribution < -0.4 is 5.32 Å². The van der Waals surface area contributed by atoms with Crippen molar-refractivity contribution >= 4 is 16.5 Å². The van der Waals surface area contributed by atoms with Crippen LogP contribution in [-0.2, 0) is 10.8 Å². The largest absolute Gasteiger partial charge is 0.307 e. The second kappa shape index (κ2) is 7.66. The first-order valence-corrected chi connectivity index (χ1v) is 8.94. The molecule has 1 saturated heterocycles. The fourth-order valence-corrected chi connectivity index (χ4v) is 4.03. The number of nitrogens with zero attached hydrogens (tertiary/aromatic N) is 1. The molecule has 0 aliphatic carbocycles. The minimum atomic E-state index is -0.663. The van der Waals surface area contributed by atoms with Gasteiger partial charge in [0.25, 0.3) is 5.69 Å². The Morgan fingerprint density at radius 2 is 2.14 bits per heavy atom. The second-order valence-electron chi connectivity index (χ2n) is 5.48. The number of non-ortho nitro benzene ring substituents is 1. The van der Waals surface area contributed by atoms with Crippen molar-refractivity contribution in [1.29, 1.82) is 0 Å². The van der Waals surface area contributed by atoms with E-state index < -0.39 is 10.8 Å². The maximum absolute atomic E-state index is 11.4. The topological polar surface area (TPSA) is 72.2 Å². The number of hydrogen-bond acceptors (Lipinski definition) is 4. The van der Waals surface area contributed by atoms with Crippen molar-refractivity contribution in [1.82, 2.24) is 5.32 Å². The van der Waals surface area contributed by atoms with Gasteiger partial charge in [-0.2, -0.15) is 0 Å². The number of nitrogens with one attached hydrogen (secondary N) is 1. The lowest BCUT2D eigenvalue weighted by molar-refractivity contribution is -0.384. The fourth-order valence-electron chi connectivity index (χ4n) is 2.74. The van der Waals surface area contributed by atoms with E-state index in [1.54, 1.807) is 12.1 Å². The second-order valence-corrected chi connectivity index (χ2v) is 7.18. The highest BCUT2D eigenvalue weighted by atomic mass is 32.2. The molecular formula is C15H22N2O3S. The van der Waals surface area contributed by atoms with Crippen molar-refractivity contribution < 1.29 is 9.13 Å². The number of nitro groups is 1. The number of rotatable bonds is 6. The molecule has 0 radical (unpaired) electrons. The lowest BCUT2D eigenvalue weighted by atomic mass is 9.99. The minimum absolute atomic E-state index is 0.131. The van der Waals surface area contributed by atoms with Crippen LogP contribution in [0.4, 0.5) is 5.69 Å². The van der Waals surface area contributed by atoms with Gasteiger partial charge in [0.05, 0.1) is 4.92 Å². The van der Waals surface area contributed by atoms with E-state index in [4.69, 9.17) is 0 Å². The summed E-state index contributed by atoms with van der Waals surface area (Å²) in [6.45, 7) is 2.11. The van der Waals surface area contributed by atoms with Crippen molar-refractivity contribution in [2.45, 2.75) is 44.7 Å². The Bertz CT molecular complexity index is 511. The van der Waals surface area contributed by atoms with Gasteiger partial charge in [0, 0.05) is 46.5 Å². The van der Waals surface area contributed by atoms with Gasteiger partial charge in [0.2, 0.25) is 0 Å². The average molecular weight is 310 g/mol. The predicted molar refractivity (Wildman–Crippen MR) is 84.8 cm³/mol. The Balaban J connectivity index is 2.09. The minimum Gasteiger partial charge on any atom is -0.307 e. The summed E-state index contributed by atoms with van der Waals surface area (Å²) in [6.07, 6.45) is 3.79. The monoisotopic (exact) mass is 310 g/mol. The normalized spacial score (nSPS) is 23.7. The van der Waals surface area contributed by atoms with Gasteiger partial charge in [0.1, 0.15) is 0 Å². The molecule has 0 saturated carbocycles. The smallest absolute Gasteiger partial charge is 0.269 e. The highest BCUT2D eigenvalue weighted by Gasteiger charge is 2.22. The van der Waals surface area contributed by atoms with Crippen molar-refractivity contribution in [3.8, 4) is 0 Å². The standard InChI is InChI=1S/C15H22N2O3S/c1-2-4-15(16-13-7-9-21(20)10-8-13)12-5-3-6-14(11-12)17(18)19/h3,5-6,11,13,15-16H,2,4,7-10H2,1H3. The fraction of sp³-hybridized carbons (Fsp3) is 0.600. The molecule has 1 aromatic carbocycles. The summed E-state index contributed by atoms with van der Waals surface area (Å²) < 4.78 is 11.4. The van der Waals surface area contributed by atoms with Crippen LogP contribution in [0.25, 0.3) is 0 Å². The van der Waals surface area contributed by atoms with E-state index in [2.05, 4.69) is 12.2 Å². The highest BCUT2D eigenvalue weighted by molar-refractivity contribution is 7.85. The SMILES string of the molecule is CCCC(NC1CCS(=O)CC1)c1cccc([N+](=O)[O-])c1. The third-order valence-corrected chi connectivity index (χ3v) is 5.27. The van der Waals surface area contributed by atoms with Gasteiger partial charge in [-0.3, -0.25) is 14.3 Å². The summed E-state index contributed by atoms with van der Waals surface area (Å²) >= 11 is 0. The summed E-state index contributed by atoms with van der Waals surface area (Å²) in [5.41, 5.74) is 1.11. The average Bonchev–Trinajstić information content (AvgIpc) is 2.49. The van der Waals surface area contributed by atoms with E-state index >= 15 is 0 Å². The summed E-state index contributed by atoms with van der Waals surface area (Å²) in [7, 11) is -0.663. The van der Waals surface area contributed by atoms with Crippen LogP contribution in [0.15, 0.2) is 24.3 Å². The summed E-state index contributed by atoms with van der Waals surface area (Å²) in [5.74, 6) is 1.51. The molecule has 0 amide bonds. The molecule has 0 bridgehead atoms. The van der Waals surface area contributed by atoms with E-state index in [0.29, 0.717) is 6.04 Å². The third kappa shape index (κ3) is 4.61. The molecular weight excluding hydrogens is 288 g/mol. The molecule has 1 atom stereocenters. The number of hydrogen-bond donors (Lipinski definition) is 1. The maximum Gasteiger partial charge on any atom is 0.269 e. The first-order chi connectivity index (χ1) is 10.1. The van der Waals surface area contributed by atoms with Crippen LogP contribution in [0.5, 0.6) is 0 Å². The van der Waals surface area contributed by atoms with Gasteiger partial charge >= 0.3 is 0 Å². The number of nitro benzene ring substituents is 1. The van der Waals surface area contributed by atoms with Crippen LogP contribution in [0.3, 0.4) is 0 Å². The lowest BCUT2D eigenvalue weighted by Gasteiger charge is -2.28. The van der Waals surface area contributed by atoms with E-state index in [0.717, 1.165) is 42.8 Å². The molecule has 0 aromatic heterocycles. The van der Waals surface area contributed by atoms with Gasteiger partial charge in [0.15, 0.2) is 0 Å². The summed E-state index contributed by atoms with van der Waals surface area (Å²) in [4.78, 5) is 10.6. The Kier molecular flexibility index (Phi) is 5.87. The highest BCUT2D eigenvalue weighted by Crippen LogP contribution is 2.25. The van der Waals surface area contributed by atoms with E-state index in [1.165, 1.54) is 6.07 Å². The van der Waals surface area contributed by atoms with Crippen molar-refractivity contribution in [3.05, 3.63) is 39.9 Å². The zero-order valence-electron chi connectivity index (χ0n) is 12.3. The molecule has 2 rings (SSSR count). The zero-order valence-corrected chi connectivity index (χ0v) is 13.1. The first kappa shape index (κ1) is 16.1. The molecule has 1 N–H and O–H groups in total. The van der Waals surface area contributed by atoms with Crippen LogP contribution in [-0.4, -0.2) is 26.7 Å². The van der Waals surface area contributed by atoms with Crippen molar-refractivity contribution in [2.75, 3.05) is 11.5 Å². The first-order valence-electron chi connectivity index (χ1n) is 7.45. The predicted octanol–water partition coefficient (Wildman–Crippen LogP) is 2.94. The van der Waals surface area contributed by atoms with Crippen molar-refractivity contribution in [2.24, 2.45) is 0 Å². The van der Waals surface area contributed by atoms with Crippen LogP contribution in [0, 0.1) is 10.1 Å². The molecule has 5 nitrogen and oxygen atoms in total. The van der Waals surface area contributed by atoms with E-state index in [1.807, 2.05) is 6.07 Å². The molecule has 1 heterocycles. The molecule has 1 fully saturated rings. The molecule has 21 heavy (non-hydrogen) atoms. The Labute approximate surface area is 127 Å². The molecule has 0 spiro atoms. The summed E-state index contributed by atoms with van der Waals surface area (Å²) in [6, 6.07) is 7.37. The molecule has 1 aromatic rings. The van der Waals surface area contributed by atoms with Crippen LogP contribution >= 0.6 is 0 Å². The Morgan fingerprint density at radius 1 is 1.43 bits per heavy atom. The van der Waals surface area contributed by atoms with Crippen LogP contribution in [0.2, 0.25) is 0 Å². The zero-order chi connectivity index (χ0) is 15.2. The maximum atomic E-state index is 11.4. The molecule has 1 unspecified atom stereocenters. The van der Waals surface area contributed by atoms with Gasteiger partial charge in [-0.1, -0.05) is 25.5 Å². The number of benzene rings is 1. The molecule has 6 heteroatoms. The van der Waals surface area contributed by atoms with Crippen LogP contribution in [0.1, 0.15) is 44.2 Å². The molecule has 1 aliphatic heterocycles. The van der Waals surface area contributed by atoms with Gasteiger partial charge in [-0.25, -0.2) is 0 Å². The quantitative estimate of drug-likeness (QED) is 0.647. The van der Waals surface area contributed by atoms with E-state index in [9.17, 15) is 14.3 Å². The van der Waals surface area contributed by atoms with Crippen molar-refractivity contribution in [3.63, 3.8) is 0 Å². The molecule has 1 aliphatic rings. The van der Waals surface area contributed by atoms with Gasteiger partial charge in [-0.05, 0) is 24.8 Å². The van der Waals surface area contributed by atoms with Gasteiger partial charge < -0.3 is 5.32 Å². The Hall–Kier alpha value is -1.27. The van der Waals surface area contributed by atoms with Gasteiger partial charge in [-0.15, -0.1) is 0 Å². The van der Waals surface area contributed by atoms with E-state index in [-0.39, 0.29) is 16.7 Å². The lowest BCUT2D eigenvalue weighted by Crippen LogP contribution is -2.38. The molecule has 116 valence electrons. The Morgan fingerprint density at radius 3 is 2.76 bits per heavy atom.